The first kappa shape index (κ1) is 23.3. The van der Waals surface area contributed by atoms with Crippen LogP contribution in [0.5, 0.6) is 0 Å². The summed E-state index contributed by atoms with van der Waals surface area (Å²) in [6.45, 7) is 6.56. The van der Waals surface area contributed by atoms with Gasteiger partial charge >= 0.3 is 0 Å². The fourth-order valence-electron chi connectivity index (χ4n) is 4.04. The summed E-state index contributed by atoms with van der Waals surface area (Å²) in [5.74, 6) is 0.110. The Bertz CT molecular complexity index is 1450. The molecule has 8 heteroatoms. The number of ketones is 1. The van der Waals surface area contributed by atoms with Gasteiger partial charge in [-0.15, -0.1) is 11.3 Å². The van der Waals surface area contributed by atoms with Crippen molar-refractivity contribution in [2.75, 3.05) is 5.75 Å². The number of carbonyl (C=O) groups excluding carboxylic acids is 1. The second kappa shape index (κ2) is 8.96. The van der Waals surface area contributed by atoms with Gasteiger partial charge in [0.05, 0.1) is 29.0 Å². The number of hydrogen-bond donors (Lipinski definition) is 0. The number of benzene rings is 2. The van der Waals surface area contributed by atoms with E-state index in [0.29, 0.717) is 39.0 Å². The molecule has 174 valence electrons. The van der Waals surface area contributed by atoms with Crippen molar-refractivity contribution in [2.24, 2.45) is 0 Å². The molecule has 0 amide bonds. The van der Waals surface area contributed by atoms with Crippen molar-refractivity contribution < 1.29 is 9.53 Å². The molecular formula is C26H23ClN2O3S2. The van der Waals surface area contributed by atoms with Crippen molar-refractivity contribution >= 4 is 50.7 Å². The number of rotatable bonds is 5. The van der Waals surface area contributed by atoms with Gasteiger partial charge in [-0.25, -0.2) is 4.98 Å². The lowest BCUT2D eigenvalue weighted by molar-refractivity contribution is -0.0379. The number of hydrogen-bond acceptors (Lipinski definition) is 6. The van der Waals surface area contributed by atoms with Gasteiger partial charge in [0, 0.05) is 21.9 Å². The molecule has 0 atom stereocenters. The number of Topliss-reactive ketones (excluding diaryl/α,β-unsaturated/α-hetero) is 1. The fraction of sp³-hybridized carbons (Fsp3) is 0.269. The molecule has 0 bridgehead atoms. The molecule has 4 aromatic rings. The Kier molecular flexibility index (Phi) is 6.14. The summed E-state index contributed by atoms with van der Waals surface area (Å²) < 4.78 is 7.61. The Morgan fingerprint density at radius 3 is 2.59 bits per heavy atom. The van der Waals surface area contributed by atoms with Gasteiger partial charge in [-0.1, -0.05) is 41.1 Å². The molecule has 34 heavy (non-hydrogen) atoms. The summed E-state index contributed by atoms with van der Waals surface area (Å²) in [5, 5.41) is 1.74. The highest BCUT2D eigenvalue weighted by Crippen LogP contribution is 2.38. The van der Waals surface area contributed by atoms with Gasteiger partial charge in [0.1, 0.15) is 4.83 Å². The Morgan fingerprint density at radius 2 is 1.88 bits per heavy atom. The van der Waals surface area contributed by atoms with E-state index in [1.165, 1.54) is 23.1 Å². The molecule has 1 aliphatic rings. The van der Waals surface area contributed by atoms with Crippen molar-refractivity contribution in [3.63, 3.8) is 0 Å². The third kappa shape index (κ3) is 4.45. The summed E-state index contributed by atoms with van der Waals surface area (Å²) in [4.78, 5) is 33.3. The van der Waals surface area contributed by atoms with Gasteiger partial charge < -0.3 is 4.74 Å². The SMILES string of the molecule is Cc1ccc(-n2c(SCC(=O)c3ccc(Cl)cc3)nc3sc4c(c3c2=O)CC(C)(C)OC4)cc1. The van der Waals surface area contributed by atoms with Crippen LogP contribution in [0.2, 0.25) is 5.02 Å². The minimum atomic E-state index is -0.333. The first-order chi connectivity index (χ1) is 16.2. The number of ether oxygens (including phenoxy) is 1. The topological polar surface area (TPSA) is 61.2 Å². The zero-order valence-electron chi connectivity index (χ0n) is 19.1. The molecule has 0 fully saturated rings. The molecule has 0 unspecified atom stereocenters. The van der Waals surface area contributed by atoms with Crippen LogP contribution in [0.4, 0.5) is 0 Å². The van der Waals surface area contributed by atoms with Crippen LogP contribution in [0.3, 0.4) is 0 Å². The van der Waals surface area contributed by atoms with Gasteiger partial charge in [0.2, 0.25) is 0 Å². The molecule has 0 saturated carbocycles. The molecule has 1 aliphatic heterocycles. The van der Waals surface area contributed by atoms with E-state index in [0.717, 1.165) is 21.7 Å². The number of nitrogens with zero attached hydrogens (tertiary/aromatic N) is 2. The van der Waals surface area contributed by atoms with Gasteiger partial charge in [0.15, 0.2) is 10.9 Å². The van der Waals surface area contributed by atoms with E-state index in [2.05, 4.69) is 0 Å². The molecule has 5 nitrogen and oxygen atoms in total. The highest BCUT2D eigenvalue weighted by atomic mass is 35.5. The van der Waals surface area contributed by atoms with E-state index in [9.17, 15) is 9.59 Å². The molecule has 2 aromatic heterocycles. The number of aryl methyl sites for hydroxylation is 1. The number of thioether (sulfide) groups is 1. The number of carbonyl (C=O) groups is 1. The van der Waals surface area contributed by atoms with Crippen molar-refractivity contribution in [1.29, 1.82) is 0 Å². The Hall–Kier alpha value is -2.45. The zero-order valence-corrected chi connectivity index (χ0v) is 21.4. The van der Waals surface area contributed by atoms with Crippen molar-refractivity contribution in [2.45, 2.75) is 44.6 Å². The Balaban J connectivity index is 1.60. The van der Waals surface area contributed by atoms with Crippen LogP contribution in [-0.2, 0) is 17.8 Å². The van der Waals surface area contributed by atoms with Gasteiger partial charge in [0.25, 0.3) is 5.56 Å². The number of halogens is 1. The lowest BCUT2D eigenvalue weighted by atomic mass is 9.94. The van der Waals surface area contributed by atoms with Crippen LogP contribution in [0.1, 0.15) is 40.2 Å². The lowest BCUT2D eigenvalue weighted by Crippen LogP contribution is -2.32. The van der Waals surface area contributed by atoms with Crippen LogP contribution in [0.25, 0.3) is 15.9 Å². The number of fused-ring (bicyclic) bond motifs is 3. The first-order valence-electron chi connectivity index (χ1n) is 10.9. The summed E-state index contributed by atoms with van der Waals surface area (Å²) in [7, 11) is 0. The summed E-state index contributed by atoms with van der Waals surface area (Å²) in [5.41, 5.74) is 3.00. The van der Waals surface area contributed by atoms with E-state index in [1.54, 1.807) is 28.8 Å². The lowest BCUT2D eigenvalue weighted by Gasteiger charge is -2.29. The number of thiophene rings is 1. The minimum absolute atomic E-state index is 0.0490. The maximum absolute atomic E-state index is 13.9. The number of aromatic nitrogens is 2. The highest BCUT2D eigenvalue weighted by Gasteiger charge is 2.31. The van der Waals surface area contributed by atoms with Crippen LogP contribution in [-0.4, -0.2) is 26.7 Å². The monoisotopic (exact) mass is 510 g/mol. The quantitative estimate of drug-likeness (QED) is 0.181. The average molecular weight is 511 g/mol. The van der Waals surface area contributed by atoms with Crippen molar-refractivity contribution in [1.82, 2.24) is 9.55 Å². The van der Waals surface area contributed by atoms with E-state index >= 15 is 0 Å². The van der Waals surface area contributed by atoms with Crippen LogP contribution >= 0.6 is 34.7 Å². The van der Waals surface area contributed by atoms with E-state index in [4.69, 9.17) is 21.3 Å². The molecule has 0 saturated heterocycles. The van der Waals surface area contributed by atoms with E-state index < -0.39 is 0 Å². The van der Waals surface area contributed by atoms with Gasteiger partial charge in [-0.05, 0) is 62.7 Å². The predicted octanol–water partition coefficient (Wildman–Crippen LogP) is 6.24. The zero-order chi connectivity index (χ0) is 24.0. The molecule has 0 aliphatic carbocycles. The predicted molar refractivity (Wildman–Crippen MR) is 139 cm³/mol. The third-order valence-electron chi connectivity index (χ3n) is 5.86. The first-order valence-corrected chi connectivity index (χ1v) is 13.1. The van der Waals surface area contributed by atoms with Crippen LogP contribution in [0.15, 0.2) is 58.5 Å². The smallest absolute Gasteiger partial charge is 0.267 e. The van der Waals surface area contributed by atoms with Crippen molar-refractivity contribution in [3.8, 4) is 5.69 Å². The maximum Gasteiger partial charge on any atom is 0.267 e. The summed E-state index contributed by atoms with van der Waals surface area (Å²) in [6, 6.07) is 14.6. The molecule has 3 heterocycles. The normalized spacial score (nSPS) is 14.8. The fourth-order valence-corrected chi connectivity index (χ4v) is 6.22. The second-order valence-electron chi connectivity index (χ2n) is 9.00. The molecule has 0 radical (unpaired) electrons. The van der Waals surface area contributed by atoms with Crippen LogP contribution in [0, 0.1) is 6.92 Å². The molecule has 2 aromatic carbocycles. The van der Waals surface area contributed by atoms with Crippen LogP contribution < -0.4 is 5.56 Å². The molecule has 5 rings (SSSR count). The average Bonchev–Trinajstić information content (AvgIpc) is 3.15. The second-order valence-corrected chi connectivity index (χ2v) is 11.5. The van der Waals surface area contributed by atoms with E-state index in [-0.39, 0.29) is 22.7 Å². The molecule has 0 spiro atoms. The summed E-state index contributed by atoms with van der Waals surface area (Å²) >= 11 is 8.73. The maximum atomic E-state index is 13.9. The highest BCUT2D eigenvalue weighted by molar-refractivity contribution is 7.99. The third-order valence-corrected chi connectivity index (χ3v) is 8.15. The molecular weight excluding hydrogens is 488 g/mol. The Morgan fingerprint density at radius 1 is 1.18 bits per heavy atom. The van der Waals surface area contributed by atoms with E-state index in [1.807, 2.05) is 45.0 Å². The van der Waals surface area contributed by atoms with Crippen molar-refractivity contribution in [3.05, 3.63) is 85.5 Å². The van der Waals surface area contributed by atoms with Gasteiger partial charge in [-0.3, -0.25) is 14.2 Å². The Labute approximate surface area is 210 Å². The summed E-state index contributed by atoms with van der Waals surface area (Å²) in [6.07, 6.45) is 0.661. The largest absolute Gasteiger partial charge is 0.370 e. The molecule has 0 N–H and O–H groups in total. The minimum Gasteiger partial charge on any atom is -0.370 e. The standard InChI is InChI=1S/C26H23ClN2O3S2/c1-15-4-10-18(11-5-15)29-24(31)22-19-12-26(2,3)32-13-21(19)34-23(22)28-25(29)33-14-20(30)16-6-8-17(27)9-7-16/h4-11H,12-14H2,1-3H3. The van der Waals surface area contributed by atoms with Gasteiger partial charge in [-0.2, -0.15) is 0 Å².